The molecule has 0 aliphatic carbocycles. The minimum Gasteiger partial charge on any atom is -0.486 e. The van der Waals surface area contributed by atoms with E-state index in [2.05, 4.69) is 5.32 Å². The molecule has 2 aliphatic heterocycles. The van der Waals surface area contributed by atoms with Crippen molar-refractivity contribution in [2.75, 3.05) is 19.8 Å². The van der Waals surface area contributed by atoms with E-state index < -0.39 is 0 Å². The number of fused-ring (bicyclic) bond motifs is 2. The van der Waals surface area contributed by atoms with Crippen molar-refractivity contribution in [1.29, 1.82) is 0 Å². The highest BCUT2D eigenvalue weighted by molar-refractivity contribution is 5.84. The van der Waals surface area contributed by atoms with Crippen molar-refractivity contribution in [2.45, 2.75) is 18.9 Å². The number of hydrogen-bond acceptors (Lipinski definition) is 7. The number of rotatable bonds is 3. The van der Waals surface area contributed by atoms with Crippen LogP contribution in [0.1, 0.15) is 12.8 Å². The zero-order chi connectivity index (χ0) is 19.8. The van der Waals surface area contributed by atoms with Crippen molar-refractivity contribution in [2.24, 2.45) is 0 Å². The van der Waals surface area contributed by atoms with Gasteiger partial charge in [-0.05, 0) is 49.2 Å². The largest absolute Gasteiger partial charge is 0.486 e. The second kappa shape index (κ2) is 7.25. The molecule has 3 aromatic rings. The molecule has 148 valence electrons. The Hall–Kier alpha value is -3.32. The first-order valence-corrected chi connectivity index (χ1v) is 9.60. The molecule has 0 radical (unpaired) electrons. The molecule has 2 aromatic carbocycles. The fraction of sp³-hybridized carbons (Fsp3) is 0.273. The van der Waals surface area contributed by atoms with Gasteiger partial charge in [-0.1, -0.05) is 6.07 Å². The van der Waals surface area contributed by atoms with E-state index in [1.807, 2.05) is 0 Å². The lowest BCUT2D eigenvalue weighted by Crippen LogP contribution is -2.34. The number of carbonyl (C=O) groups is 1. The monoisotopic (exact) mass is 393 g/mol. The molecule has 5 rings (SSSR count). The van der Waals surface area contributed by atoms with Crippen LogP contribution in [0.3, 0.4) is 0 Å². The van der Waals surface area contributed by atoms with Gasteiger partial charge in [-0.3, -0.25) is 4.79 Å². The van der Waals surface area contributed by atoms with Crippen molar-refractivity contribution in [1.82, 2.24) is 5.32 Å². The van der Waals surface area contributed by atoms with E-state index in [4.69, 9.17) is 18.6 Å². The summed E-state index contributed by atoms with van der Waals surface area (Å²) >= 11 is 0. The standard InChI is InChI=1S/C22H19NO6/c24-21-15-5-4-14(29-22(25)17-2-1-7-23-17)11-19(15)28-12-16(21)13-3-6-18-20(10-13)27-9-8-26-18/h3-6,10-12,17,23H,1-2,7-9H2. The van der Waals surface area contributed by atoms with Gasteiger partial charge in [0.25, 0.3) is 0 Å². The average molecular weight is 393 g/mol. The molecule has 1 aromatic heterocycles. The Morgan fingerprint density at radius 1 is 1.07 bits per heavy atom. The molecule has 0 saturated carbocycles. The van der Waals surface area contributed by atoms with Gasteiger partial charge in [-0.25, -0.2) is 4.79 Å². The van der Waals surface area contributed by atoms with Gasteiger partial charge in [0, 0.05) is 6.07 Å². The first-order valence-electron chi connectivity index (χ1n) is 9.60. The number of nitrogens with one attached hydrogen (secondary N) is 1. The predicted molar refractivity (Wildman–Crippen MR) is 106 cm³/mol. The Morgan fingerprint density at radius 2 is 1.93 bits per heavy atom. The molecule has 7 heteroatoms. The number of benzene rings is 2. The molecule has 29 heavy (non-hydrogen) atoms. The van der Waals surface area contributed by atoms with Gasteiger partial charge in [0.15, 0.2) is 16.9 Å². The third-order valence-corrected chi connectivity index (χ3v) is 5.16. The highest BCUT2D eigenvalue weighted by atomic mass is 16.6. The molecular weight excluding hydrogens is 374 g/mol. The summed E-state index contributed by atoms with van der Waals surface area (Å²) in [5.74, 6) is 1.30. The van der Waals surface area contributed by atoms with Crippen molar-refractivity contribution in [3.8, 4) is 28.4 Å². The maximum atomic E-state index is 13.0. The normalized spacial score (nSPS) is 18.0. The van der Waals surface area contributed by atoms with Gasteiger partial charge >= 0.3 is 5.97 Å². The topological polar surface area (TPSA) is 87.0 Å². The Kier molecular flexibility index (Phi) is 4.44. The van der Waals surface area contributed by atoms with Gasteiger partial charge < -0.3 is 23.9 Å². The molecule has 7 nitrogen and oxygen atoms in total. The Bertz CT molecular complexity index is 1150. The van der Waals surface area contributed by atoms with Crippen LogP contribution in [0.2, 0.25) is 0 Å². The summed E-state index contributed by atoms with van der Waals surface area (Å²) in [5.41, 5.74) is 1.31. The predicted octanol–water partition coefficient (Wildman–Crippen LogP) is 2.89. The van der Waals surface area contributed by atoms with E-state index in [0.717, 1.165) is 19.4 Å². The van der Waals surface area contributed by atoms with Crippen LogP contribution in [0.5, 0.6) is 17.2 Å². The van der Waals surface area contributed by atoms with E-state index >= 15 is 0 Å². The van der Waals surface area contributed by atoms with Crippen LogP contribution >= 0.6 is 0 Å². The fourth-order valence-corrected chi connectivity index (χ4v) is 3.66. The molecule has 1 unspecified atom stereocenters. The molecule has 0 bridgehead atoms. The van der Waals surface area contributed by atoms with E-state index in [-0.39, 0.29) is 17.4 Å². The number of ether oxygens (including phenoxy) is 3. The third-order valence-electron chi connectivity index (χ3n) is 5.16. The van der Waals surface area contributed by atoms with Crippen molar-refractivity contribution >= 4 is 16.9 Å². The van der Waals surface area contributed by atoms with Crippen LogP contribution in [-0.2, 0) is 4.79 Å². The molecule has 1 fully saturated rings. The molecule has 3 heterocycles. The number of hydrogen-bond donors (Lipinski definition) is 1. The van der Waals surface area contributed by atoms with Crippen molar-refractivity contribution in [3.63, 3.8) is 0 Å². The van der Waals surface area contributed by atoms with Crippen LogP contribution < -0.4 is 25.0 Å². The van der Waals surface area contributed by atoms with Crippen LogP contribution in [-0.4, -0.2) is 31.8 Å². The summed E-state index contributed by atoms with van der Waals surface area (Å²) in [7, 11) is 0. The van der Waals surface area contributed by atoms with E-state index in [1.54, 1.807) is 36.4 Å². The Labute approximate surface area is 166 Å². The van der Waals surface area contributed by atoms with Gasteiger partial charge in [-0.15, -0.1) is 0 Å². The van der Waals surface area contributed by atoms with E-state index in [0.29, 0.717) is 52.6 Å². The molecule has 0 amide bonds. The highest BCUT2D eigenvalue weighted by Crippen LogP contribution is 2.34. The quantitative estimate of drug-likeness (QED) is 0.541. The minimum atomic E-state index is -0.322. The Morgan fingerprint density at radius 3 is 2.76 bits per heavy atom. The SMILES string of the molecule is O=C(Oc1ccc2c(=O)c(-c3ccc4c(c3)OCCO4)coc2c1)C1CCCN1. The second-order valence-corrected chi connectivity index (χ2v) is 7.06. The van der Waals surface area contributed by atoms with Crippen LogP contribution in [0.4, 0.5) is 0 Å². The lowest BCUT2D eigenvalue weighted by molar-refractivity contribution is -0.136. The van der Waals surface area contributed by atoms with Crippen LogP contribution in [0.25, 0.3) is 22.1 Å². The van der Waals surface area contributed by atoms with Crippen LogP contribution in [0, 0.1) is 0 Å². The lowest BCUT2D eigenvalue weighted by atomic mass is 10.0. The zero-order valence-corrected chi connectivity index (χ0v) is 15.6. The van der Waals surface area contributed by atoms with Crippen LogP contribution in [0.15, 0.2) is 51.9 Å². The summed E-state index contributed by atoms with van der Waals surface area (Å²) in [6, 6.07) is 9.88. The summed E-state index contributed by atoms with van der Waals surface area (Å²) in [4.78, 5) is 25.2. The minimum absolute atomic E-state index is 0.168. The first kappa shape index (κ1) is 17.8. The summed E-state index contributed by atoms with van der Waals surface area (Å²) in [6.07, 6.45) is 3.13. The van der Waals surface area contributed by atoms with E-state index in [1.165, 1.54) is 6.26 Å². The summed E-state index contributed by atoms with van der Waals surface area (Å²) in [5, 5.41) is 3.52. The second-order valence-electron chi connectivity index (χ2n) is 7.06. The molecule has 2 aliphatic rings. The number of carbonyl (C=O) groups excluding carboxylic acids is 1. The third kappa shape index (κ3) is 3.34. The maximum absolute atomic E-state index is 13.0. The molecule has 1 N–H and O–H groups in total. The van der Waals surface area contributed by atoms with Gasteiger partial charge in [0.05, 0.1) is 10.9 Å². The Balaban J connectivity index is 1.46. The van der Waals surface area contributed by atoms with Gasteiger partial charge in [0.2, 0.25) is 0 Å². The summed E-state index contributed by atoms with van der Waals surface area (Å²) < 4.78 is 22.2. The average Bonchev–Trinajstić information content (AvgIpc) is 3.29. The number of esters is 1. The first-order chi connectivity index (χ1) is 14.2. The molecule has 1 atom stereocenters. The molecule has 0 spiro atoms. The van der Waals surface area contributed by atoms with E-state index in [9.17, 15) is 9.59 Å². The van der Waals surface area contributed by atoms with Gasteiger partial charge in [-0.2, -0.15) is 0 Å². The molecular formula is C22H19NO6. The highest BCUT2D eigenvalue weighted by Gasteiger charge is 2.24. The van der Waals surface area contributed by atoms with Crippen molar-refractivity contribution in [3.05, 3.63) is 52.9 Å². The smallest absolute Gasteiger partial charge is 0.328 e. The van der Waals surface area contributed by atoms with Gasteiger partial charge in [0.1, 0.15) is 36.9 Å². The zero-order valence-electron chi connectivity index (χ0n) is 15.6. The maximum Gasteiger partial charge on any atom is 0.328 e. The summed E-state index contributed by atoms with van der Waals surface area (Å²) in [6.45, 7) is 1.80. The molecule has 1 saturated heterocycles. The fourth-order valence-electron chi connectivity index (χ4n) is 3.66. The van der Waals surface area contributed by atoms with Crippen molar-refractivity contribution < 1.29 is 23.4 Å². The lowest BCUT2D eigenvalue weighted by Gasteiger charge is -2.18.